The summed E-state index contributed by atoms with van der Waals surface area (Å²) in [5.74, 6) is -0.962. The molecule has 2 aromatic rings. The lowest BCUT2D eigenvalue weighted by Gasteiger charge is -2.17. The van der Waals surface area contributed by atoms with Crippen LogP contribution in [0.15, 0.2) is 42.5 Å². The smallest absolute Gasteiger partial charge is 0.269 e. The maximum atomic E-state index is 12.2. The fourth-order valence-corrected chi connectivity index (χ4v) is 2.76. The van der Waals surface area contributed by atoms with Gasteiger partial charge >= 0.3 is 0 Å². The molecule has 0 saturated carbocycles. The molecule has 1 atom stereocenters. The molecule has 11 heteroatoms. The molecule has 0 fully saturated rings. The van der Waals surface area contributed by atoms with E-state index in [9.17, 15) is 14.4 Å². The van der Waals surface area contributed by atoms with Crippen molar-refractivity contribution in [2.75, 3.05) is 5.32 Å². The fraction of sp³-hybridized carbons (Fsp3) is 0.158. The van der Waals surface area contributed by atoms with Crippen molar-refractivity contribution in [1.82, 2.24) is 16.2 Å². The second-order valence-corrected chi connectivity index (χ2v) is 7.24. The zero-order valence-corrected chi connectivity index (χ0v) is 18.2. The Morgan fingerprint density at radius 2 is 1.70 bits per heavy atom. The van der Waals surface area contributed by atoms with Gasteiger partial charge in [0.15, 0.2) is 11.2 Å². The second kappa shape index (κ2) is 10.8. The summed E-state index contributed by atoms with van der Waals surface area (Å²) in [4.78, 5) is 35.3. The van der Waals surface area contributed by atoms with Crippen molar-refractivity contribution in [2.24, 2.45) is 0 Å². The number of amides is 3. The van der Waals surface area contributed by atoms with Crippen molar-refractivity contribution in [3.63, 3.8) is 0 Å². The average Bonchev–Trinajstić information content (AvgIpc) is 2.68. The number of hydrogen-bond acceptors (Lipinski definition) is 5. The van der Waals surface area contributed by atoms with E-state index in [4.69, 9.17) is 40.2 Å². The molecule has 0 saturated heterocycles. The highest BCUT2D eigenvalue weighted by atomic mass is 35.5. The van der Waals surface area contributed by atoms with Crippen LogP contribution in [-0.4, -0.2) is 28.9 Å². The fourth-order valence-electron chi connectivity index (χ4n) is 2.15. The van der Waals surface area contributed by atoms with Gasteiger partial charge in [-0.1, -0.05) is 23.2 Å². The molecule has 158 valence electrons. The first-order valence-electron chi connectivity index (χ1n) is 8.56. The number of thiocarbonyl (C=S) groups is 1. The number of carbonyl (C=O) groups is 3. The molecule has 3 amide bonds. The van der Waals surface area contributed by atoms with E-state index >= 15 is 0 Å². The lowest BCUT2D eigenvalue weighted by molar-refractivity contribution is -0.125. The molecule has 0 aliphatic heterocycles. The molecule has 30 heavy (non-hydrogen) atoms. The van der Waals surface area contributed by atoms with Crippen LogP contribution >= 0.6 is 35.4 Å². The topological polar surface area (TPSA) is 109 Å². The van der Waals surface area contributed by atoms with Crippen LogP contribution in [0.4, 0.5) is 5.69 Å². The van der Waals surface area contributed by atoms with E-state index in [1.165, 1.54) is 32.0 Å². The average molecular weight is 469 g/mol. The molecule has 1 unspecified atom stereocenters. The van der Waals surface area contributed by atoms with E-state index in [1.54, 1.807) is 24.3 Å². The molecule has 0 radical (unpaired) electrons. The van der Waals surface area contributed by atoms with Crippen LogP contribution in [0.1, 0.15) is 24.2 Å². The predicted molar refractivity (Wildman–Crippen MR) is 119 cm³/mol. The molecular weight excluding hydrogens is 451 g/mol. The van der Waals surface area contributed by atoms with Gasteiger partial charge in [0, 0.05) is 23.2 Å². The number of carbonyl (C=O) groups excluding carboxylic acids is 3. The molecular formula is C19H18Cl2N4O4S. The zero-order valence-electron chi connectivity index (χ0n) is 15.9. The number of benzene rings is 2. The summed E-state index contributed by atoms with van der Waals surface area (Å²) in [7, 11) is 0. The minimum Gasteiger partial charge on any atom is -0.479 e. The van der Waals surface area contributed by atoms with Gasteiger partial charge in [0.05, 0.1) is 5.02 Å². The highest BCUT2D eigenvalue weighted by molar-refractivity contribution is 7.80. The van der Waals surface area contributed by atoms with Crippen molar-refractivity contribution in [2.45, 2.75) is 20.0 Å². The Kier molecular flexibility index (Phi) is 8.40. The second-order valence-electron chi connectivity index (χ2n) is 5.99. The van der Waals surface area contributed by atoms with Crippen LogP contribution < -0.4 is 26.2 Å². The quantitative estimate of drug-likeness (QED) is 0.396. The number of ether oxygens (including phenoxy) is 1. The summed E-state index contributed by atoms with van der Waals surface area (Å²) in [5, 5.41) is 5.57. The maximum absolute atomic E-state index is 12.2. The summed E-state index contributed by atoms with van der Waals surface area (Å²) in [6, 6.07) is 10.8. The molecule has 0 bridgehead atoms. The van der Waals surface area contributed by atoms with E-state index in [2.05, 4.69) is 21.5 Å². The van der Waals surface area contributed by atoms with Crippen molar-refractivity contribution in [1.29, 1.82) is 0 Å². The number of rotatable bonds is 5. The van der Waals surface area contributed by atoms with Gasteiger partial charge in [0.2, 0.25) is 5.91 Å². The third-order valence-corrected chi connectivity index (χ3v) is 4.30. The lowest BCUT2D eigenvalue weighted by atomic mass is 10.2. The first-order valence-corrected chi connectivity index (χ1v) is 9.72. The number of hydrogen-bond donors (Lipinski definition) is 4. The molecule has 2 aromatic carbocycles. The van der Waals surface area contributed by atoms with Gasteiger partial charge in [0.25, 0.3) is 11.8 Å². The van der Waals surface area contributed by atoms with Crippen molar-refractivity contribution < 1.29 is 19.1 Å². The summed E-state index contributed by atoms with van der Waals surface area (Å²) in [6.07, 6.45) is -0.916. The van der Waals surface area contributed by atoms with Crippen LogP contribution in [0.3, 0.4) is 0 Å². The number of halogens is 2. The Balaban J connectivity index is 1.82. The lowest BCUT2D eigenvalue weighted by Crippen LogP contribution is -2.51. The van der Waals surface area contributed by atoms with Crippen LogP contribution in [0.5, 0.6) is 5.75 Å². The molecule has 0 spiro atoms. The molecule has 0 aliphatic carbocycles. The van der Waals surface area contributed by atoms with Gasteiger partial charge in [-0.05, 0) is 61.6 Å². The van der Waals surface area contributed by atoms with E-state index in [0.717, 1.165) is 0 Å². The summed E-state index contributed by atoms with van der Waals surface area (Å²) >= 11 is 16.8. The molecule has 0 aromatic heterocycles. The minimum atomic E-state index is -0.916. The molecule has 0 aliphatic rings. The van der Waals surface area contributed by atoms with Crippen LogP contribution in [0.2, 0.25) is 10.0 Å². The summed E-state index contributed by atoms with van der Waals surface area (Å²) in [5.41, 5.74) is 5.67. The van der Waals surface area contributed by atoms with Gasteiger partial charge in [0.1, 0.15) is 5.75 Å². The van der Waals surface area contributed by atoms with Crippen LogP contribution in [-0.2, 0) is 9.59 Å². The van der Waals surface area contributed by atoms with E-state index in [1.807, 2.05) is 0 Å². The highest BCUT2D eigenvalue weighted by Crippen LogP contribution is 2.28. The SMILES string of the molecule is CC(=O)Nc1ccc(C(=O)NNC(=S)NC(=O)C(C)Oc2ccc(Cl)cc2Cl)cc1. The Morgan fingerprint density at radius 3 is 2.30 bits per heavy atom. The molecule has 4 N–H and O–H groups in total. The van der Waals surface area contributed by atoms with E-state index in [0.29, 0.717) is 22.0 Å². The zero-order chi connectivity index (χ0) is 22.3. The molecule has 0 heterocycles. The number of nitrogens with one attached hydrogen (secondary N) is 4. The standard InChI is InChI=1S/C19H18Cl2N4O4S/c1-10(29-16-8-5-13(20)9-15(16)21)17(27)23-19(30)25-24-18(28)12-3-6-14(7-4-12)22-11(2)26/h3-10H,1-2H3,(H,22,26)(H,24,28)(H2,23,25,27,30). The molecule has 2 rings (SSSR count). The van der Waals surface area contributed by atoms with Gasteiger partial charge in [-0.3, -0.25) is 30.6 Å². The third-order valence-electron chi connectivity index (χ3n) is 3.56. The Hall–Kier alpha value is -2.88. The molecule has 8 nitrogen and oxygen atoms in total. The predicted octanol–water partition coefficient (Wildman–Crippen LogP) is 3.05. The number of hydrazine groups is 1. The first kappa shape index (κ1) is 23.4. The Bertz CT molecular complexity index is 970. The largest absolute Gasteiger partial charge is 0.479 e. The normalized spacial score (nSPS) is 11.1. The van der Waals surface area contributed by atoms with Crippen molar-refractivity contribution in [3.05, 3.63) is 58.1 Å². The first-order chi connectivity index (χ1) is 14.2. The number of anilines is 1. The van der Waals surface area contributed by atoms with Gasteiger partial charge in [-0.15, -0.1) is 0 Å². The monoisotopic (exact) mass is 468 g/mol. The minimum absolute atomic E-state index is 0.124. The Morgan fingerprint density at radius 1 is 1.03 bits per heavy atom. The van der Waals surface area contributed by atoms with Crippen molar-refractivity contribution in [3.8, 4) is 5.75 Å². The van der Waals surface area contributed by atoms with E-state index < -0.39 is 17.9 Å². The third kappa shape index (κ3) is 7.18. The Labute approximate surface area is 188 Å². The summed E-state index contributed by atoms with van der Waals surface area (Å²) < 4.78 is 5.49. The van der Waals surface area contributed by atoms with Gasteiger partial charge in [-0.25, -0.2) is 0 Å². The van der Waals surface area contributed by atoms with Gasteiger partial charge in [-0.2, -0.15) is 0 Å². The van der Waals surface area contributed by atoms with Crippen LogP contribution in [0, 0.1) is 0 Å². The van der Waals surface area contributed by atoms with Crippen molar-refractivity contribution >= 4 is 63.9 Å². The van der Waals surface area contributed by atoms with Gasteiger partial charge < -0.3 is 10.1 Å². The van der Waals surface area contributed by atoms with E-state index in [-0.39, 0.29) is 16.0 Å². The summed E-state index contributed by atoms with van der Waals surface area (Å²) in [6.45, 7) is 2.90. The maximum Gasteiger partial charge on any atom is 0.269 e. The van der Waals surface area contributed by atoms with Crippen LogP contribution in [0.25, 0.3) is 0 Å². The highest BCUT2D eigenvalue weighted by Gasteiger charge is 2.18.